The Hall–Kier alpha value is -2.13. The van der Waals surface area contributed by atoms with E-state index in [9.17, 15) is 0 Å². The van der Waals surface area contributed by atoms with Crippen LogP contribution in [0, 0.1) is 17.2 Å². The van der Waals surface area contributed by atoms with Crippen molar-refractivity contribution in [3.63, 3.8) is 0 Å². The quantitative estimate of drug-likeness (QED) is 0.850. The summed E-state index contributed by atoms with van der Waals surface area (Å²) in [6.07, 6.45) is 0.946. The number of hydrogen-bond donors (Lipinski definition) is 1. The Morgan fingerprint density at radius 3 is 2.90 bits per heavy atom. The summed E-state index contributed by atoms with van der Waals surface area (Å²) in [7, 11) is 0. The molecule has 0 aliphatic rings. The van der Waals surface area contributed by atoms with Crippen LogP contribution in [0.15, 0.2) is 24.3 Å². The Labute approximate surface area is 128 Å². The van der Waals surface area contributed by atoms with Crippen LogP contribution in [0.1, 0.15) is 24.4 Å². The van der Waals surface area contributed by atoms with Crippen LogP contribution in [0.4, 0.5) is 5.13 Å². The number of anilines is 1. The van der Waals surface area contributed by atoms with Crippen LogP contribution in [0.25, 0.3) is 0 Å². The van der Waals surface area contributed by atoms with Gasteiger partial charge in [-0.05, 0) is 12.0 Å². The molecule has 0 aliphatic carbocycles. The minimum atomic E-state index is 0.0500. The number of hydrogen-bond acceptors (Lipinski definition) is 6. The molecule has 0 amide bonds. The number of ether oxygens (including phenoxy) is 1. The van der Waals surface area contributed by atoms with E-state index in [1.54, 1.807) is 11.3 Å². The Morgan fingerprint density at radius 1 is 1.33 bits per heavy atom. The van der Waals surface area contributed by atoms with Crippen LogP contribution in [0.5, 0.6) is 5.75 Å². The van der Waals surface area contributed by atoms with Crippen molar-refractivity contribution in [3.8, 4) is 11.8 Å². The fraction of sp³-hybridized carbons (Fsp3) is 0.400. The zero-order valence-electron chi connectivity index (χ0n) is 12.2. The van der Waals surface area contributed by atoms with Gasteiger partial charge in [-0.25, -0.2) is 0 Å². The molecule has 0 saturated heterocycles. The predicted molar refractivity (Wildman–Crippen MR) is 83.3 cm³/mol. The molecule has 6 heteroatoms. The van der Waals surface area contributed by atoms with Crippen molar-refractivity contribution in [2.24, 2.45) is 5.92 Å². The van der Waals surface area contributed by atoms with Crippen molar-refractivity contribution in [1.29, 1.82) is 5.26 Å². The molecule has 0 unspecified atom stereocenters. The molecule has 0 aliphatic heterocycles. The Bertz CT molecular complexity index is 618. The van der Waals surface area contributed by atoms with Crippen molar-refractivity contribution in [2.75, 3.05) is 11.9 Å². The van der Waals surface area contributed by atoms with E-state index in [0.717, 1.165) is 27.9 Å². The van der Waals surface area contributed by atoms with E-state index in [4.69, 9.17) is 10.00 Å². The molecule has 1 aromatic carbocycles. The highest BCUT2D eigenvalue weighted by Crippen LogP contribution is 2.22. The van der Waals surface area contributed by atoms with E-state index >= 15 is 0 Å². The third kappa shape index (κ3) is 4.72. The highest BCUT2D eigenvalue weighted by molar-refractivity contribution is 7.15. The number of benzene rings is 1. The van der Waals surface area contributed by atoms with Crippen LogP contribution >= 0.6 is 11.3 Å². The molecule has 0 radical (unpaired) electrons. The molecule has 1 heterocycles. The van der Waals surface area contributed by atoms with Crippen LogP contribution in [0.3, 0.4) is 0 Å². The van der Waals surface area contributed by atoms with Gasteiger partial charge in [0.1, 0.15) is 16.8 Å². The molecule has 0 saturated carbocycles. The van der Waals surface area contributed by atoms with Gasteiger partial charge in [-0.3, -0.25) is 0 Å². The first kappa shape index (κ1) is 15.3. The molecule has 21 heavy (non-hydrogen) atoms. The van der Waals surface area contributed by atoms with Crippen molar-refractivity contribution >= 4 is 16.5 Å². The van der Waals surface area contributed by atoms with E-state index in [-0.39, 0.29) is 6.61 Å². The summed E-state index contributed by atoms with van der Waals surface area (Å²) in [6.45, 7) is 4.97. The average Bonchev–Trinajstić information content (AvgIpc) is 2.90. The summed E-state index contributed by atoms with van der Waals surface area (Å²) in [5.74, 6) is 1.30. The third-order valence-corrected chi connectivity index (χ3v) is 3.65. The Kier molecular flexibility index (Phi) is 5.52. The molecule has 0 spiro atoms. The van der Waals surface area contributed by atoms with Gasteiger partial charge in [-0.1, -0.05) is 43.4 Å². The molecule has 0 atom stereocenters. The monoisotopic (exact) mass is 302 g/mol. The molecular formula is C15H18N4OS. The molecule has 1 N–H and O–H groups in total. The Balaban J connectivity index is 1.96. The van der Waals surface area contributed by atoms with E-state index in [2.05, 4.69) is 29.4 Å². The lowest BCUT2D eigenvalue weighted by Crippen LogP contribution is -2.03. The summed E-state index contributed by atoms with van der Waals surface area (Å²) in [6, 6.07) is 9.64. The van der Waals surface area contributed by atoms with Gasteiger partial charge in [0.25, 0.3) is 0 Å². The van der Waals surface area contributed by atoms with Gasteiger partial charge in [0, 0.05) is 18.5 Å². The summed E-state index contributed by atoms with van der Waals surface area (Å²) in [5.41, 5.74) is 0.994. The fourth-order valence-electron chi connectivity index (χ4n) is 1.83. The maximum atomic E-state index is 8.59. The van der Waals surface area contributed by atoms with E-state index in [1.807, 2.05) is 30.3 Å². The lowest BCUT2D eigenvalue weighted by molar-refractivity contribution is 0.364. The van der Waals surface area contributed by atoms with Crippen molar-refractivity contribution in [2.45, 2.75) is 26.8 Å². The third-order valence-electron chi connectivity index (χ3n) is 2.74. The minimum absolute atomic E-state index is 0.0500. The second kappa shape index (κ2) is 7.60. The molecule has 5 nitrogen and oxygen atoms in total. The zero-order chi connectivity index (χ0) is 15.1. The first-order valence-corrected chi connectivity index (χ1v) is 7.64. The summed E-state index contributed by atoms with van der Waals surface area (Å²) >= 11 is 1.58. The number of rotatable bonds is 7. The largest absolute Gasteiger partial charge is 0.478 e. The number of nitriles is 1. The number of para-hydroxylation sites is 1. The smallest absolute Gasteiger partial charge is 0.205 e. The van der Waals surface area contributed by atoms with Crippen molar-refractivity contribution in [1.82, 2.24) is 10.2 Å². The van der Waals surface area contributed by atoms with E-state index in [0.29, 0.717) is 12.5 Å². The molecule has 0 fully saturated rings. The molecular weight excluding hydrogens is 284 g/mol. The van der Waals surface area contributed by atoms with Crippen LogP contribution in [-0.2, 0) is 13.0 Å². The minimum Gasteiger partial charge on any atom is -0.478 e. The Morgan fingerprint density at radius 2 is 2.14 bits per heavy atom. The molecule has 2 rings (SSSR count). The van der Waals surface area contributed by atoms with Gasteiger partial charge in [0.2, 0.25) is 5.13 Å². The van der Waals surface area contributed by atoms with Gasteiger partial charge >= 0.3 is 0 Å². The van der Waals surface area contributed by atoms with Gasteiger partial charge in [-0.15, -0.1) is 10.2 Å². The number of aromatic nitrogens is 2. The molecule has 2 aromatic rings. The highest BCUT2D eigenvalue weighted by Gasteiger charge is 2.07. The van der Waals surface area contributed by atoms with Crippen LogP contribution in [-0.4, -0.2) is 16.8 Å². The van der Waals surface area contributed by atoms with E-state index < -0.39 is 0 Å². The van der Waals surface area contributed by atoms with Gasteiger partial charge in [0.15, 0.2) is 6.61 Å². The lowest BCUT2D eigenvalue weighted by Gasteiger charge is -2.09. The lowest BCUT2D eigenvalue weighted by atomic mass is 10.1. The summed E-state index contributed by atoms with van der Waals surface area (Å²) < 4.78 is 5.40. The standard InChI is InChI=1S/C15H18N4OS/c1-11(2)9-14-18-19-15(21-14)17-10-12-5-3-4-6-13(12)20-8-7-16/h3-6,11H,8-10H2,1-2H3,(H,17,19). The highest BCUT2D eigenvalue weighted by atomic mass is 32.1. The number of nitrogens with one attached hydrogen (secondary N) is 1. The first-order valence-electron chi connectivity index (χ1n) is 6.83. The van der Waals surface area contributed by atoms with Crippen LogP contribution in [0.2, 0.25) is 0 Å². The van der Waals surface area contributed by atoms with E-state index in [1.165, 1.54) is 0 Å². The fourth-order valence-corrected chi connectivity index (χ4v) is 2.78. The molecule has 1 aromatic heterocycles. The molecule has 110 valence electrons. The second-order valence-corrected chi connectivity index (χ2v) is 6.07. The zero-order valence-corrected chi connectivity index (χ0v) is 13.0. The molecule has 0 bridgehead atoms. The average molecular weight is 302 g/mol. The SMILES string of the molecule is CC(C)Cc1nnc(NCc2ccccc2OCC#N)s1. The van der Waals surface area contributed by atoms with Gasteiger partial charge in [-0.2, -0.15) is 5.26 Å². The summed E-state index contributed by atoms with van der Waals surface area (Å²) in [5, 5.41) is 22.0. The van der Waals surface area contributed by atoms with Gasteiger partial charge < -0.3 is 10.1 Å². The van der Waals surface area contributed by atoms with Gasteiger partial charge in [0.05, 0.1) is 0 Å². The normalized spacial score (nSPS) is 10.4. The van der Waals surface area contributed by atoms with Crippen molar-refractivity contribution < 1.29 is 4.74 Å². The van der Waals surface area contributed by atoms with Crippen LogP contribution < -0.4 is 10.1 Å². The number of nitrogens with zero attached hydrogens (tertiary/aromatic N) is 3. The maximum Gasteiger partial charge on any atom is 0.205 e. The first-order chi connectivity index (χ1) is 10.2. The summed E-state index contributed by atoms with van der Waals surface area (Å²) in [4.78, 5) is 0. The topological polar surface area (TPSA) is 70.8 Å². The maximum absolute atomic E-state index is 8.59. The predicted octanol–water partition coefficient (Wildman–Crippen LogP) is 3.25. The van der Waals surface area contributed by atoms with Crippen molar-refractivity contribution in [3.05, 3.63) is 34.8 Å². The second-order valence-electron chi connectivity index (χ2n) is 5.01.